The molecule has 7 nitrogen and oxygen atoms in total. The van der Waals surface area contributed by atoms with Crippen molar-refractivity contribution >= 4 is 5.97 Å². The standard InChI is InChI=1S/C13H15N3O4/c1-3-20-13(18)11-12(17)16(15-14-11)8-9-4-6-10(19-2)7-5-9/h4-7,15H,3,8H2,1-2H3. The highest BCUT2D eigenvalue weighted by Gasteiger charge is 2.17. The first-order valence-corrected chi connectivity index (χ1v) is 6.11. The summed E-state index contributed by atoms with van der Waals surface area (Å²) in [5, 5.41) is 6.20. The zero-order valence-corrected chi connectivity index (χ0v) is 11.3. The molecule has 1 N–H and O–H groups in total. The normalized spacial score (nSPS) is 10.3. The molecule has 106 valence electrons. The quantitative estimate of drug-likeness (QED) is 0.817. The number of hydrogen-bond donors (Lipinski definition) is 1. The Balaban J connectivity index is 2.17. The summed E-state index contributed by atoms with van der Waals surface area (Å²) in [6.07, 6.45) is 0. The average Bonchev–Trinajstić information content (AvgIpc) is 2.81. The Morgan fingerprint density at radius 3 is 2.65 bits per heavy atom. The van der Waals surface area contributed by atoms with Crippen molar-refractivity contribution in [2.75, 3.05) is 13.7 Å². The number of nitrogens with one attached hydrogen (secondary N) is 1. The summed E-state index contributed by atoms with van der Waals surface area (Å²) >= 11 is 0. The van der Waals surface area contributed by atoms with E-state index < -0.39 is 11.5 Å². The first kappa shape index (κ1) is 13.9. The van der Waals surface area contributed by atoms with Gasteiger partial charge in [0, 0.05) is 0 Å². The number of esters is 1. The van der Waals surface area contributed by atoms with Crippen molar-refractivity contribution in [2.45, 2.75) is 13.5 Å². The molecule has 0 aliphatic rings. The van der Waals surface area contributed by atoms with Crippen LogP contribution in [0.5, 0.6) is 5.75 Å². The number of H-pyrrole nitrogens is 1. The van der Waals surface area contributed by atoms with E-state index in [1.807, 2.05) is 12.1 Å². The van der Waals surface area contributed by atoms with E-state index in [1.54, 1.807) is 26.2 Å². The van der Waals surface area contributed by atoms with Gasteiger partial charge in [-0.3, -0.25) is 4.79 Å². The molecular formula is C13H15N3O4. The van der Waals surface area contributed by atoms with Crippen LogP contribution in [0.1, 0.15) is 23.0 Å². The lowest BCUT2D eigenvalue weighted by Crippen LogP contribution is -2.23. The maximum absolute atomic E-state index is 12.0. The van der Waals surface area contributed by atoms with E-state index in [1.165, 1.54) is 4.68 Å². The molecule has 7 heteroatoms. The smallest absolute Gasteiger partial charge is 0.364 e. The molecule has 0 fully saturated rings. The van der Waals surface area contributed by atoms with E-state index in [0.29, 0.717) is 0 Å². The molecule has 20 heavy (non-hydrogen) atoms. The largest absolute Gasteiger partial charge is 0.497 e. The van der Waals surface area contributed by atoms with E-state index in [-0.39, 0.29) is 18.8 Å². The van der Waals surface area contributed by atoms with E-state index in [9.17, 15) is 9.59 Å². The molecular weight excluding hydrogens is 262 g/mol. The van der Waals surface area contributed by atoms with Crippen LogP contribution in [0.15, 0.2) is 29.1 Å². The molecule has 1 aromatic carbocycles. The predicted octanol–water partition coefficient (Wildman–Crippen LogP) is 0.805. The van der Waals surface area contributed by atoms with E-state index >= 15 is 0 Å². The van der Waals surface area contributed by atoms with Crippen molar-refractivity contribution < 1.29 is 14.3 Å². The molecule has 1 heterocycles. The lowest BCUT2D eigenvalue weighted by molar-refractivity contribution is 0.0517. The van der Waals surface area contributed by atoms with Crippen LogP contribution in [-0.2, 0) is 11.3 Å². The van der Waals surface area contributed by atoms with E-state index in [4.69, 9.17) is 9.47 Å². The lowest BCUT2D eigenvalue weighted by atomic mass is 10.2. The van der Waals surface area contributed by atoms with Crippen molar-refractivity contribution in [1.29, 1.82) is 0 Å². The fourth-order valence-corrected chi connectivity index (χ4v) is 1.68. The topological polar surface area (TPSA) is 86.2 Å². The number of benzene rings is 1. The maximum atomic E-state index is 12.0. The van der Waals surface area contributed by atoms with Crippen molar-refractivity contribution in [1.82, 2.24) is 15.0 Å². The number of carbonyl (C=O) groups excluding carboxylic acids is 1. The molecule has 2 aromatic rings. The number of aromatic nitrogens is 3. The van der Waals surface area contributed by atoms with Crippen molar-refractivity contribution in [3.8, 4) is 5.75 Å². The summed E-state index contributed by atoms with van der Waals surface area (Å²) in [5.41, 5.74) is 0.145. The van der Waals surface area contributed by atoms with Crippen LogP contribution in [0.4, 0.5) is 0 Å². The number of methoxy groups -OCH3 is 1. The highest BCUT2D eigenvalue weighted by atomic mass is 16.5. The van der Waals surface area contributed by atoms with Gasteiger partial charge in [-0.2, -0.15) is 0 Å². The van der Waals surface area contributed by atoms with Gasteiger partial charge in [-0.1, -0.05) is 12.1 Å². The first-order valence-electron chi connectivity index (χ1n) is 6.11. The van der Waals surface area contributed by atoms with Crippen molar-refractivity contribution in [3.63, 3.8) is 0 Å². The second kappa shape index (κ2) is 6.05. The summed E-state index contributed by atoms with van der Waals surface area (Å²) < 4.78 is 11.1. The van der Waals surface area contributed by atoms with Crippen molar-refractivity contribution in [3.05, 3.63) is 45.9 Å². The Morgan fingerprint density at radius 2 is 2.05 bits per heavy atom. The summed E-state index contributed by atoms with van der Waals surface area (Å²) in [4.78, 5) is 23.4. The highest BCUT2D eigenvalue weighted by molar-refractivity contribution is 5.86. The lowest BCUT2D eigenvalue weighted by Gasteiger charge is -2.03. The van der Waals surface area contributed by atoms with Crippen LogP contribution < -0.4 is 10.3 Å². The van der Waals surface area contributed by atoms with Gasteiger partial charge in [-0.25, -0.2) is 14.7 Å². The summed E-state index contributed by atoms with van der Waals surface area (Å²) in [6, 6.07) is 7.25. The fourth-order valence-electron chi connectivity index (χ4n) is 1.68. The third kappa shape index (κ3) is 2.87. The Bertz CT molecular complexity index is 642. The van der Waals surface area contributed by atoms with Crippen LogP contribution in [0.3, 0.4) is 0 Å². The second-order valence-corrected chi connectivity index (χ2v) is 4.02. The van der Waals surface area contributed by atoms with Gasteiger partial charge >= 0.3 is 11.5 Å². The van der Waals surface area contributed by atoms with Crippen LogP contribution >= 0.6 is 0 Å². The Hall–Kier alpha value is -2.57. The minimum Gasteiger partial charge on any atom is -0.497 e. The Morgan fingerprint density at radius 1 is 1.35 bits per heavy atom. The second-order valence-electron chi connectivity index (χ2n) is 4.02. The van der Waals surface area contributed by atoms with Crippen molar-refractivity contribution in [2.24, 2.45) is 0 Å². The van der Waals surface area contributed by atoms with Gasteiger partial charge in [0.15, 0.2) is 0 Å². The van der Waals surface area contributed by atoms with Gasteiger partial charge in [0.2, 0.25) is 5.69 Å². The zero-order chi connectivity index (χ0) is 14.5. The van der Waals surface area contributed by atoms with Crippen LogP contribution in [0, 0.1) is 0 Å². The summed E-state index contributed by atoms with van der Waals surface area (Å²) in [5.74, 6) is 0.0140. The van der Waals surface area contributed by atoms with Gasteiger partial charge in [0.05, 0.1) is 20.3 Å². The van der Waals surface area contributed by atoms with Gasteiger partial charge in [0.1, 0.15) is 5.75 Å². The molecule has 0 radical (unpaired) electrons. The average molecular weight is 277 g/mol. The molecule has 0 spiro atoms. The van der Waals surface area contributed by atoms with Gasteiger partial charge in [-0.05, 0) is 24.6 Å². The summed E-state index contributed by atoms with van der Waals surface area (Å²) in [6.45, 7) is 2.15. The number of ether oxygens (including phenoxy) is 2. The van der Waals surface area contributed by atoms with Gasteiger partial charge in [-0.15, -0.1) is 5.10 Å². The minimum absolute atomic E-state index is 0.198. The Labute approximate surface area is 115 Å². The highest BCUT2D eigenvalue weighted by Crippen LogP contribution is 2.11. The molecule has 0 aliphatic carbocycles. The number of carbonyl (C=O) groups is 1. The number of aromatic amines is 1. The first-order chi connectivity index (χ1) is 9.65. The number of hydrogen-bond acceptors (Lipinski definition) is 5. The Kier molecular flexibility index (Phi) is 4.19. The number of nitrogens with zero attached hydrogens (tertiary/aromatic N) is 2. The van der Waals surface area contributed by atoms with E-state index in [0.717, 1.165) is 11.3 Å². The molecule has 0 unspecified atom stereocenters. The molecule has 0 saturated carbocycles. The maximum Gasteiger partial charge on any atom is 0.364 e. The SMILES string of the molecule is CCOC(=O)c1n[nH]n(Cc2ccc(OC)cc2)c1=O. The van der Waals surface area contributed by atoms with Crippen LogP contribution in [-0.4, -0.2) is 34.7 Å². The van der Waals surface area contributed by atoms with E-state index in [2.05, 4.69) is 10.3 Å². The summed E-state index contributed by atoms with van der Waals surface area (Å²) in [7, 11) is 1.58. The molecule has 2 rings (SSSR count). The molecule has 0 saturated heterocycles. The minimum atomic E-state index is -0.720. The zero-order valence-electron chi connectivity index (χ0n) is 11.3. The molecule has 1 aromatic heterocycles. The van der Waals surface area contributed by atoms with Crippen LogP contribution in [0.2, 0.25) is 0 Å². The molecule has 0 atom stereocenters. The fraction of sp³-hybridized carbons (Fsp3) is 0.308. The van der Waals surface area contributed by atoms with Gasteiger partial charge < -0.3 is 9.47 Å². The molecule has 0 bridgehead atoms. The van der Waals surface area contributed by atoms with Gasteiger partial charge in [0.25, 0.3) is 0 Å². The predicted molar refractivity (Wildman–Crippen MR) is 70.9 cm³/mol. The number of rotatable bonds is 5. The third-order valence-electron chi connectivity index (χ3n) is 2.70. The monoisotopic (exact) mass is 277 g/mol. The third-order valence-corrected chi connectivity index (χ3v) is 2.70. The molecule has 0 amide bonds. The van der Waals surface area contributed by atoms with Crippen LogP contribution in [0.25, 0.3) is 0 Å². The molecule has 0 aliphatic heterocycles.